The maximum Gasteiger partial charge on any atom is 0.321 e. The van der Waals surface area contributed by atoms with Crippen molar-refractivity contribution in [3.8, 4) is 11.6 Å². The Labute approximate surface area is 154 Å². The Morgan fingerprint density at radius 1 is 1.22 bits per heavy atom. The summed E-state index contributed by atoms with van der Waals surface area (Å²) in [5, 5.41) is 22.7. The number of nitrogens with zero attached hydrogens (tertiary/aromatic N) is 8. The number of amides is 2. The van der Waals surface area contributed by atoms with Gasteiger partial charge in [0.25, 0.3) is 0 Å². The first-order valence-electron chi connectivity index (χ1n) is 8.66. The van der Waals surface area contributed by atoms with Crippen molar-refractivity contribution < 1.29 is 4.79 Å². The molecule has 4 heterocycles. The van der Waals surface area contributed by atoms with Crippen molar-refractivity contribution >= 4 is 29.0 Å². The van der Waals surface area contributed by atoms with Crippen LogP contribution in [-0.2, 0) is 7.05 Å². The molecule has 3 aromatic rings. The second-order valence-corrected chi connectivity index (χ2v) is 5.99. The summed E-state index contributed by atoms with van der Waals surface area (Å²) in [5.41, 5.74) is 1.20. The van der Waals surface area contributed by atoms with Gasteiger partial charge in [-0.3, -0.25) is 5.32 Å². The van der Waals surface area contributed by atoms with Crippen molar-refractivity contribution in [3.63, 3.8) is 0 Å². The van der Waals surface area contributed by atoms with E-state index in [0.717, 1.165) is 26.2 Å². The Hall–Kier alpha value is -3.35. The van der Waals surface area contributed by atoms with E-state index in [2.05, 4.69) is 56.4 Å². The summed E-state index contributed by atoms with van der Waals surface area (Å²) in [6, 6.07) is -0.358. The molecule has 0 aromatic carbocycles. The van der Waals surface area contributed by atoms with Crippen molar-refractivity contribution in [1.82, 2.24) is 50.8 Å². The third-order valence-electron chi connectivity index (χ3n) is 4.22. The highest BCUT2D eigenvalue weighted by atomic mass is 16.2. The molecular formula is C14H20N12O. The van der Waals surface area contributed by atoms with Gasteiger partial charge in [0, 0.05) is 39.8 Å². The zero-order valence-electron chi connectivity index (χ0n) is 15.0. The standard InChI is InChI=1S/C14H20N12O/c1-3-16-14(27)20-13-18-10-8(11(19-13)26-6-4-15-5-7-26)17-12(25(10)2)9-21-23-24-22-9/h15H,3-7H2,1-2H3,(H,21,22,23,24)(H2,16,18,19,20,27). The molecule has 0 aliphatic carbocycles. The summed E-state index contributed by atoms with van der Waals surface area (Å²) < 4.78 is 1.76. The van der Waals surface area contributed by atoms with Gasteiger partial charge < -0.3 is 20.1 Å². The van der Waals surface area contributed by atoms with Gasteiger partial charge in [0.1, 0.15) is 0 Å². The number of piperazine rings is 1. The average molecular weight is 372 g/mol. The molecule has 13 nitrogen and oxygen atoms in total. The van der Waals surface area contributed by atoms with Gasteiger partial charge in [0.15, 0.2) is 22.8 Å². The Kier molecular flexibility index (Phi) is 4.50. The minimum atomic E-state index is -0.358. The van der Waals surface area contributed by atoms with Crippen LogP contribution in [0.1, 0.15) is 6.92 Å². The maximum atomic E-state index is 11.9. The first-order valence-corrected chi connectivity index (χ1v) is 8.66. The number of carbonyl (C=O) groups is 1. The van der Waals surface area contributed by atoms with Crippen LogP contribution < -0.4 is 20.9 Å². The van der Waals surface area contributed by atoms with Crippen molar-refractivity contribution in [1.29, 1.82) is 0 Å². The average Bonchev–Trinajstić information content (AvgIpc) is 3.31. The molecule has 1 saturated heterocycles. The van der Waals surface area contributed by atoms with E-state index in [1.165, 1.54) is 0 Å². The highest BCUT2D eigenvalue weighted by Crippen LogP contribution is 2.28. The highest BCUT2D eigenvalue weighted by molar-refractivity contribution is 5.91. The fraction of sp³-hybridized carbons (Fsp3) is 0.500. The molecule has 1 fully saturated rings. The summed E-state index contributed by atoms with van der Waals surface area (Å²) in [7, 11) is 1.81. The Morgan fingerprint density at radius 3 is 2.74 bits per heavy atom. The van der Waals surface area contributed by atoms with E-state index in [1.807, 2.05) is 14.0 Å². The topological polar surface area (TPSA) is 154 Å². The molecule has 4 rings (SSSR count). The fourth-order valence-electron chi connectivity index (χ4n) is 2.96. The van der Waals surface area contributed by atoms with Crippen LogP contribution in [0.25, 0.3) is 22.8 Å². The van der Waals surface area contributed by atoms with Crippen LogP contribution in [-0.4, -0.2) is 78.9 Å². The molecule has 0 radical (unpaired) electrons. The number of aromatic nitrogens is 8. The van der Waals surface area contributed by atoms with Crippen LogP contribution >= 0.6 is 0 Å². The molecule has 1 aliphatic rings. The molecule has 4 N–H and O–H groups in total. The van der Waals surface area contributed by atoms with Crippen molar-refractivity contribution in [3.05, 3.63) is 0 Å². The zero-order valence-corrected chi connectivity index (χ0v) is 15.0. The summed E-state index contributed by atoms with van der Waals surface area (Å²) in [6.45, 7) is 5.59. The number of imidazole rings is 1. The molecule has 0 saturated carbocycles. The number of tetrazole rings is 1. The largest absolute Gasteiger partial charge is 0.352 e. The van der Waals surface area contributed by atoms with Gasteiger partial charge in [0.05, 0.1) is 0 Å². The van der Waals surface area contributed by atoms with Gasteiger partial charge in [-0.1, -0.05) is 0 Å². The van der Waals surface area contributed by atoms with Crippen molar-refractivity contribution in [2.24, 2.45) is 7.05 Å². The summed E-state index contributed by atoms with van der Waals surface area (Å²) in [5.74, 6) is 1.75. The first kappa shape index (κ1) is 17.1. The minimum Gasteiger partial charge on any atom is -0.352 e. The number of hydrogen-bond donors (Lipinski definition) is 4. The molecule has 0 atom stereocenters. The van der Waals surface area contributed by atoms with E-state index >= 15 is 0 Å². The molecule has 0 unspecified atom stereocenters. The third-order valence-corrected chi connectivity index (χ3v) is 4.22. The minimum absolute atomic E-state index is 0.213. The molecule has 0 spiro atoms. The summed E-state index contributed by atoms with van der Waals surface area (Å²) >= 11 is 0. The Morgan fingerprint density at radius 2 is 2.04 bits per heavy atom. The van der Waals surface area contributed by atoms with Crippen molar-refractivity contribution in [2.45, 2.75) is 6.92 Å². The lowest BCUT2D eigenvalue weighted by atomic mass is 10.3. The number of rotatable bonds is 4. The predicted molar refractivity (Wildman–Crippen MR) is 97.3 cm³/mol. The van der Waals surface area contributed by atoms with Gasteiger partial charge in [-0.15, -0.1) is 10.2 Å². The van der Waals surface area contributed by atoms with E-state index in [4.69, 9.17) is 0 Å². The molecule has 27 heavy (non-hydrogen) atoms. The molecule has 2 amide bonds. The van der Waals surface area contributed by atoms with E-state index in [-0.39, 0.29) is 12.0 Å². The van der Waals surface area contributed by atoms with Crippen LogP contribution in [0.2, 0.25) is 0 Å². The molecule has 13 heteroatoms. The van der Waals surface area contributed by atoms with E-state index in [0.29, 0.717) is 35.2 Å². The van der Waals surface area contributed by atoms with E-state index in [9.17, 15) is 4.79 Å². The van der Waals surface area contributed by atoms with Gasteiger partial charge in [-0.05, 0) is 12.1 Å². The normalized spacial score (nSPS) is 14.5. The maximum absolute atomic E-state index is 11.9. The third kappa shape index (κ3) is 3.23. The smallest absolute Gasteiger partial charge is 0.321 e. The first-order chi connectivity index (χ1) is 13.2. The van der Waals surface area contributed by atoms with Crippen LogP contribution in [0.3, 0.4) is 0 Å². The molecule has 142 valence electrons. The summed E-state index contributed by atoms with van der Waals surface area (Å²) in [6.07, 6.45) is 0. The van der Waals surface area contributed by atoms with Crippen molar-refractivity contribution in [2.75, 3.05) is 42.9 Å². The Balaban J connectivity index is 1.83. The summed E-state index contributed by atoms with van der Waals surface area (Å²) in [4.78, 5) is 27.7. The van der Waals surface area contributed by atoms with E-state index < -0.39 is 0 Å². The lowest BCUT2D eigenvalue weighted by molar-refractivity contribution is 0.252. The van der Waals surface area contributed by atoms with Crippen LogP contribution in [0, 0.1) is 0 Å². The number of hydrogen-bond acceptors (Lipinski definition) is 9. The second-order valence-electron chi connectivity index (χ2n) is 5.99. The number of H-pyrrole nitrogens is 1. The van der Waals surface area contributed by atoms with Crippen LogP contribution in [0.15, 0.2) is 0 Å². The van der Waals surface area contributed by atoms with Gasteiger partial charge in [-0.25, -0.2) is 9.78 Å². The van der Waals surface area contributed by atoms with Crippen LogP contribution in [0.5, 0.6) is 0 Å². The molecule has 3 aromatic heterocycles. The van der Waals surface area contributed by atoms with E-state index in [1.54, 1.807) is 4.57 Å². The number of fused-ring (bicyclic) bond motifs is 1. The van der Waals surface area contributed by atoms with Crippen LogP contribution in [0.4, 0.5) is 16.6 Å². The second kappa shape index (κ2) is 7.11. The number of aryl methyl sites for hydroxylation is 1. The number of nitrogens with one attached hydrogen (secondary N) is 4. The lowest BCUT2D eigenvalue weighted by Crippen LogP contribution is -2.44. The Bertz CT molecular complexity index is 943. The number of carbonyl (C=O) groups excluding carboxylic acids is 1. The van der Waals surface area contributed by atoms with Gasteiger partial charge in [-0.2, -0.15) is 15.2 Å². The predicted octanol–water partition coefficient (Wildman–Crippen LogP) is -0.906. The SMILES string of the molecule is CCNC(=O)Nc1nc(N2CCNCC2)c2nc(-c3nn[nH]n3)n(C)c2n1. The fourth-order valence-corrected chi connectivity index (χ4v) is 2.96. The molecular weight excluding hydrogens is 352 g/mol. The number of aromatic amines is 1. The molecule has 1 aliphatic heterocycles. The zero-order chi connectivity index (χ0) is 18.8. The monoisotopic (exact) mass is 372 g/mol. The quantitative estimate of drug-likeness (QED) is 0.456. The highest BCUT2D eigenvalue weighted by Gasteiger charge is 2.23. The lowest BCUT2D eigenvalue weighted by Gasteiger charge is -2.28. The number of anilines is 2. The molecule has 0 bridgehead atoms. The number of urea groups is 1. The van der Waals surface area contributed by atoms with Gasteiger partial charge >= 0.3 is 6.03 Å². The van der Waals surface area contributed by atoms with Gasteiger partial charge in [0.2, 0.25) is 11.8 Å².